The van der Waals surface area contributed by atoms with Crippen molar-refractivity contribution >= 4 is 37.5 Å². The minimum absolute atomic E-state index is 0.111. The van der Waals surface area contributed by atoms with Crippen molar-refractivity contribution in [3.05, 3.63) is 74.9 Å². The van der Waals surface area contributed by atoms with Gasteiger partial charge in [0.2, 0.25) is 0 Å². The number of carbonyl (C=O) groups is 1. The van der Waals surface area contributed by atoms with E-state index >= 15 is 0 Å². The van der Waals surface area contributed by atoms with Crippen molar-refractivity contribution in [2.24, 2.45) is 0 Å². The van der Waals surface area contributed by atoms with E-state index in [-0.39, 0.29) is 17.4 Å². The molecule has 1 aliphatic heterocycles. The molecule has 0 spiro atoms. The lowest BCUT2D eigenvalue weighted by atomic mass is 10.1. The Hall–Kier alpha value is -2.45. The summed E-state index contributed by atoms with van der Waals surface area (Å²) >= 11 is 3.36. The summed E-state index contributed by atoms with van der Waals surface area (Å²) in [5.41, 5.74) is 4.52. The van der Waals surface area contributed by atoms with Crippen LogP contribution in [0.15, 0.2) is 46.9 Å². The molecule has 0 unspecified atom stereocenters. The van der Waals surface area contributed by atoms with Crippen molar-refractivity contribution in [1.29, 1.82) is 0 Å². The standard InChI is InChI=1S/C20H18BrN3O3S/c1-12-6-7-16(8-13(12)2)24-19(17-10-28(26,27)11-18(17)23-24)22-20(25)14-4-3-5-15(21)9-14/h3-9H,10-11H2,1-2H3,(H,22,25). The van der Waals surface area contributed by atoms with E-state index in [1.54, 1.807) is 22.9 Å². The average Bonchev–Trinajstić information content (AvgIpc) is 3.10. The van der Waals surface area contributed by atoms with E-state index in [9.17, 15) is 13.2 Å². The number of benzene rings is 2. The molecule has 8 heteroatoms. The first-order valence-electron chi connectivity index (χ1n) is 8.69. The van der Waals surface area contributed by atoms with Crippen molar-refractivity contribution in [1.82, 2.24) is 9.78 Å². The zero-order valence-electron chi connectivity index (χ0n) is 15.4. The fourth-order valence-corrected chi connectivity index (χ4v) is 5.12. The van der Waals surface area contributed by atoms with Crippen LogP contribution >= 0.6 is 15.9 Å². The number of nitrogens with one attached hydrogen (secondary N) is 1. The molecular formula is C20H18BrN3O3S. The lowest BCUT2D eigenvalue weighted by Crippen LogP contribution is -2.17. The van der Waals surface area contributed by atoms with Gasteiger partial charge in [0.15, 0.2) is 9.84 Å². The van der Waals surface area contributed by atoms with E-state index in [4.69, 9.17) is 0 Å². The van der Waals surface area contributed by atoms with E-state index in [0.717, 1.165) is 21.3 Å². The topological polar surface area (TPSA) is 81.1 Å². The van der Waals surface area contributed by atoms with Crippen LogP contribution in [0.5, 0.6) is 0 Å². The molecule has 2 heterocycles. The van der Waals surface area contributed by atoms with Crippen molar-refractivity contribution in [3.8, 4) is 5.69 Å². The Morgan fingerprint density at radius 1 is 1.11 bits per heavy atom. The Balaban J connectivity index is 1.80. The van der Waals surface area contributed by atoms with Crippen molar-refractivity contribution in [3.63, 3.8) is 0 Å². The number of carbonyl (C=O) groups excluding carboxylic acids is 1. The summed E-state index contributed by atoms with van der Waals surface area (Å²) < 4.78 is 26.6. The van der Waals surface area contributed by atoms with E-state index in [0.29, 0.717) is 22.6 Å². The Morgan fingerprint density at radius 3 is 2.61 bits per heavy atom. The lowest BCUT2D eigenvalue weighted by molar-refractivity contribution is 0.102. The van der Waals surface area contributed by atoms with E-state index in [2.05, 4.69) is 26.3 Å². The predicted octanol–water partition coefficient (Wildman–Crippen LogP) is 3.93. The van der Waals surface area contributed by atoms with Crippen LogP contribution in [0.2, 0.25) is 0 Å². The minimum Gasteiger partial charge on any atom is -0.306 e. The minimum atomic E-state index is -3.24. The summed E-state index contributed by atoms with van der Waals surface area (Å²) in [6.07, 6.45) is 0. The number of hydrogen-bond donors (Lipinski definition) is 1. The average molecular weight is 460 g/mol. The fraction of sp³-hybridized carbons (Fsp3) is 0.200. The van der Waals surface area contributed by atoms with Gasteiger partial charge in [0, 0.05) is 15.6 Å². The molecule has 6 nitrogen and oxygen atoms in total. The van der Waals surface area contributed by atoms with Gasteiger partial charge in [0.1, 0.15) is 5.82 Å². The highest BCUT2D eigenvalue weighted by molar-refractivity contribution is 9.10. The second-order valence-electron chi connectivity index (χ2n) is 6.95. The van der Waals surface area contributed by atoms with E-state index in [1.807, 2.05) is 38.1 Å². The Kier molecular flexibility index (Phi) is 4.63. The first kappa shape index (κ1) is 18.9. The molecule has 3 aromatic rings. The van der Waals surface area contributed by atoms with Gasteiger partial charge in [-0.05, 0) is 55.3 Å². The largest absolute Gasteiger partial charge is 0.306 e. The molecule has 144 valence electrons. The maximum absolute atomic E-state index is 12.8. The number of hydrogen-bond acceptors (Lipinski definition) is 4. The zero-order chi connectivity index (χ0) is 20.1. The number of amides is 1. The van der Waals surface area contributed by atoms with Crippen molar-refractivity contribution in [2.45, 2.75) is 25.4 Å². The molecule has 4 rings (SSSR count). The van der Waals surface area contributed by atoms with E-state index < -0.39 is 9.84 Å². The summed E-state index contributed by atoms with van der Waals surface area (Å²) in [5.74, 6) is -0.149. The molecule has 0 atom stereocenters. The Morgan fingerprint density at radius 2 is 1.89 bits per heavy atom. The van der Waals surface area contributed by atoms with E-state index in [1.165, 1.54) is 0 Å². The number of sulfone groups is 1. The molecule has 1 N–H and O–H groups in total. The summed E-state index contributed by atoms with van der Waals surface area (Å²) in [6.45, 7) is 4.02. The lowest BCUT2D eigenvalue weighted by Gasteiger charge is -2.12. The Labute approximate surface area is 171 Å². The smallest absolute Gasteiger partial charge is 0.256 e. The van der Waals surface area contributed by atoms with Crippen LogP contribution in [0.1, 0.15) is 32.7 Å². The van der Waals surface area contributed by atoms with Crippen LogP contribution in [-0.2, 0) is 21.3 Å². The summed E-state index contributed by atoms with van der Waals surface area (Å²) in [6, 6.07) is 12.9. The van der Waals surface area contributed by atoms with Crippen LogP contribution in [-0.4, -0.2) is 24.1 Å². The molecule has 2 aromatic carbocycles. The fourth-order valence-electron chi connectivity index (χ4n) is 3.22. The summed E-state index contributed by atoms with van der Waals surface area (Å²) in [5, 5.41) is 7.39. The Bertz CT molecular complexity index is 1220. The van der Waals surface area contributed by atoms with Crippen LogP contribution < -0.4 is 5.32 Å². The number of nitrogens with zero attached hydrogens (tertiary/aromatic N) is 2. The van der Waals surface area contributed by atoms with Crippen molar-refractivity contribution in [2.75, 3.05) is 5.32 Å². The second kappa shape index (κ2) is 6.86. The molecule has 0 bridgehead atoms. The first-order chi connectivity index (χ1) is 13.2. The maximum atomic E-state index is 12.8. The molecule has 0 aliphatic carbocycles. The molecule has 0 fully saturated rings. The number of aromatic nitrogens is 2. The van der Waals surface area contributed by atoms with Gasteiger partial charge in [-0.2, -0.15) is 5.10 Å². The molecule has 1 amide bonds. The van der Waals surface area contributed by atoms with Crippen LogP contribution in [0.25, 0.3) is 5.69 Å². The predicted molar refractivity (Wildman–Crippen MR) is 111 cm³/mol. The van der Waals surface area contributed by atoms with Gasteiger partial charge in [-0.1, -0.05) is 28.1 Å². The molecule has 28 heavy (non-hydrogen) atoms. The highest BCUT2D eigenvalue weighted by atomic mass is 79.9. The van der Waals surface area contributed by atoms with Crippen LogP contribution in [0.4, 0.5) is 5.82 Å². The first-order valence-corrected chi connectivity index (χ1v) is 11.3. The summed E-state index contributed by atoms with van der Waals surface area (Å²) in [7, 11) is -3.24. The molecule has 1 aliphatic rings. The molecule has 0 saturated heterocycles. The van der Waals surface area contributed by atoms with Gasteiger partial charge < -0.3 is 5.32 Å². The van der Waals surface area contributed by atoms with Gasteiger partial charge in [0.05, 0.1) is 22.9 Å². The zero-order valence-corrected chi connectivity index (χ0v) is 17.8. The van der Waals surface area contributed by atoms with Crippen LogP contribution in [0, 0.1) is 13.8 Å². The third-order valence-electron chi connectivity index (χ3n) is 4.84. The van der Waals surface area contributed by atoms with Gasteiger partial charge >= 0.3 is 0 Å². The molecule has 1 aromatic heterocycles. The SMILES string of the molecule is Cc1ccc(-n2nc3c(c2NC(=O)c2cccc(Br)c2)CS(=O)(=O)C3)cc1C. The molecule has 0 saturated carbocycles. The van der Waals surface area contributed by atoms with Gasteiger partial charge in [-0.15, -0.1) is 0 Å². The quantitative estimate of drug-likeness (QED) is 0.642. The normalized spacial score (nSPS) is 14.7. The van der Waals surface area contributed by atoms with Crippen molar-refractivity contribution < 1.29 is 13.2 Å². The highest BCUT2D eigenvalue weighted by Crippen LogP contribution is 2.33. The highest BCUT2D eigenvalue weighted by Gasteiger charge is 2.33. The number of halogens is 1. The number of anilines is 1. The van der Waals surface area contributed by atoms with Crippen LogP contribution in [0.3, 0.4) is 0 Å². The summed E-state index contributed by atoms with van der Waals surface area (Å²) in [4.78, 5) is 12.8. The van der Waals surface area contributed by atoms with Gasteiger partial charge in [-0.3, -0.25) is 4.79 Å². The second-order valence-corrected chi connectivity index (χ2v) is 9.93. The number of fused-ring (bicyclic) bond motifs is 1. The number of rotatable bonds is 3. The number of aryl methyl sites for hydroxylation is 2. The molecular weight excluding hydrogens is 442 g/mol. The monoisotopic (exact) mass is 459 g/mol. The van der Waals surface area contributed by atoms with Gasteiger partial charge in [-0.25, -0.2) is 13.1 Å². The van der Waals surface area contributed by atoms with Gasteiger partial charge in [0.25, 0.3) is 5.91 Å². The third-order valence-corrected chi connectivity index (χ3v) is 6.78. The molecule has 0 radical (unpaired) electrons. The third kappa shape index (κ3) is 3.49. The maximum Gasteiger partial charge on any atom is 0.256 e.